The van der Waals surface area contributed by atoms with Crippen molar-refractivity contribution in [3.05, 3.63) is 24.3 Å². The normalized spacial score (nSPS) is 22.4. The molecule has 0 aliphatic carbocycles. The van der Waals surface area contributed by atoms with Crippen molar-refractivity contribution in [3.63, 3.8) is 0 Å². The number of hydrogen-bond donors (Lipinski definition) is 1. The van der Waals surface area contributed by atoms with Gasteiger partial charge < -0.3 is 15.1 Å². The molecule has 0 saturated carbocycles. The van der Waals surface area contributed by atoms with Crippen LogP contribution in [0.15, 0.2) is 24.3 Å². The summed E-state index contributed by atoms with van der Waals surface area (Å²) in [5.41, 5.74) is 1.78. The molecule has 2 saturated heterocycles. The van der Waals surface area contributed by atoms with E-state index in [2.05, 4.69) is 22.0 Å². The van der Waals surface area contributed by atoms with Crippen LogP contribution in [0.5, 0.6) is 0 Å². The third-order valence-corrected chi connectivity index (χ3v) is 4.93. The van der Waals surface area contributed by atoms with Crippen LogP contribution in [0.3, 0.4) is 0 Å². The SMILES string of the molecule is CCN1CCN(c2ccc(N3C(=O)N[C@H](C(C)C)C3=O)cc2)CC1. The van der Waals surface area contributed by atoms with Gasteiger partial charge in [0.2, 0.25) is 0 Å². The van der Waals surface area contributed by atoms with Crippen LogP contribution in [0.25, 0.3) is 0 Å². The predicted octanol–water partition coefficient (Wildman–Crippen LogP) is 1.91. The summed E-state index contributed by atoms with van der Waals surface area (Å²) in [7, 11) is 0. The van der Waals surface area contributed by atoms with Gasteiger partial charge in [-0.3, -0.25) is 4.79 Å². The van der Waals surface area contributed by atoms with Gasteiger partial charge in [0.1, 0.15) is 6.04 Å². The van der Waals surface area contributed by atoms with Crippen molar-refractivity contribution in [1.82, 2.24) is 10.2 Å². The number of anilines is 2. The number of nitrogens with zero attached hydrogens (tertiary/aromatic N) is 3. The lowest BCUT2D eigenvalue weighted by Crippen LogP contribution is -2.46. The van der Waals surface area contributed by atoms with Gasteiger partial charge in [-0.1, -0.05) is 20.8 Å². The summed E-state index contributed by atoms with van der Waals surface area (Å²) in [6.07, 6.45) is 0. The molecule has 0 aromatic heterocycles. The molecule has 24 heavy (non-hydrogen) atoms. The van der Waals surface area contributed by atoms with E-state index in [1.807, 2.05) is 38.1 Å². The van der Waals surface area contributed by atoms with Gasteiger partial charge >= 0.3 is 6.03 Å². The van der Waals surface area contributed by atoms with E-state index in [-0.39, 0.29) is 17.9 Å². The topological polar surface area (TPSA) is 55.9 Å². The van der Waals surface area contributed by atoms with Gasteiger partial charge in [-0.25, -0.2) is 9.69 Å². The molecular weight excluding hydrogens is 304 g/mol. The van der Waals surface area contributed by atoms with E-state index in [0.29, 0.717) is 5.69 Å². The molecule has 0 spiro atoms. The molecule has 130 valence electrons. The van der Waals surface area contributed by atoms with Crippen LogP contribution in [-0.2, 0) is 4.79 Å². The summed E-state index contributed by atoms with van der Waals surface area (Å²) in [5.74, 6) is -0.0834. The number of likely N-dealkylation sites (N-methyl/N-ethyl adjacent to an activating group) is 1. The zero-order valence-corrected chi connectivity index (χ0v) is 14.7. The second-order valence-corrected chi connectivity index (χ2v) is 6.78. The fourth-order valence-corrected chi connectivity index (χ4v) is 3.33. The minimum atomic E-state index is -0.431. The molecule has 1 N–H and O–H groups in total. The first-order chi connectivity index (χ1) is 11.5. The lowest BCUT2D eigenvalue weighted by Gasteiger charge is -2.35. The first-order valence-electron chi connectivity index (χ1n) is 8.73. The van der Waals surface area contributed by atoms with Gasteiger partial charge in [-0.15, -0.1) is 0 Å². The van der Waals surface area contributed by atoms with Crippen molar-refractivity contribution in [2.45, 2.75) is 26.8 Å². The number of carbonyl (C=O) groups excluding carboxylic acids is 2. The lowest BCUT2D eigenvalue weighted by atomic mass is 10.0. The summed E-state index contributed by atoms with van der Waals surface area (Å²) in [5, 5.41) is 2.76. The van der Waals surface area contributed by atoms with Crippen LogP contribution in [0.4, 0.5) is 16.2 Å². The fourth-order valence-electron chi connectivity index (χ4n) is 3.33. The molecule has 0 radical (unpaired) electrons. The van der Waals surface area contributed by atoms with Gasteiger partial charge in [-0.2, -0.15) is 0 Å². The highest BCUT2D eigenvalue weighted by Crippen LogP contribution is 2.25. The lowest BCUT2D eigenvalue weighted by molar-refractivity contribution is -0.119. The molecule has 2 aliphatic heterocycles. The summed E-state index contributed by atoms with van der Waals surface area (Å²) in [4.78, 5) is 30.6. The highest BCUT2D eigenvalue weighted by molar-refractivity contribution is 6.21. The van der Waals surface area contributed by atoms with Crippen LogP contribution in [-0.4, -0.2) is 55.6 Å². The molecule has 1 aromatic carbocycles. The van der Waals surface area contributed by atoms with Gasteiger partial charge in [0.25, 0.3) is 5.91 Å². The summed E-state index contributed by atoms with van der Waals surface area (Å²) in [6, 6.07) is 6.96. The Morgan fingerprint density at radius 2 is 1.62 bits per heavy atom. The van der Waals surface area contributed by atoms with Crippen molar-refractivity contribution < 1.29 is 9.59 Å². The van der Waals surface area contributed by atoms with E-state index >= 15 is 0 Å². The van der Waals surface area contributed by atoms with E-state index < -0.39 is 6.04 Å². The maximum atomic E-state index is 12.4. The molecule has 2 fully saturated rings. The van der Waals surface area contributed by atoms with E-state index in [1.54, 1.807) is 0 Å². The number of urea groups is 1. The molecule has 1 atom stereocenters. The number of benzene rings is 1. The van der Waals surface area contributed by atoms with Gasteiger partial charge in [-0.05, 0) is 36.7 Å². The maximum absolute atomic E-state index is 12.4. The Morgan fingerprint density at radius 1 is 1.04 bits per heavy atom. The zero-order chi connectivity index (χ0) is 17.3. The smallest absolute Gasteiger partial charge is 0.329 e. The Kier molecular flexibility index (Phi) is 4.76. The number of amides is 3. The van der Waals surface area contributed by atoms with Crippen molar-refractivity contribution in [2.24, 2.45) is 5.92 Å². The second-order valence-electron chi connectivity index (χ2n) is 6.78. The van der Waals surface area contributed by atoms with E-state index in [1.165, 1.54) is 4.90 Å². The second kappa shape index (κ2) is 6.81. The minimum Gasteiger partial charge on any atom is -0.369 e. The van der Waals surface area contributed by atoms with Crippen molar-refractivity contribution in [1.29, 1.82) is 0 Å². The van der Waals surface area contributed by atoms with Crippen LogP contribution in [0.2, 0.25) is 0 Å². The fraction of sp³-hybridized carbons (Fsp3) is 0.556. The Labute approximate surface area is 143 Å². The Hall–Kier alpha value is -2.08. The monoisotopic (exact) mass is 330 g/mol. The Balaban J connectivity index is 1.71. The summed E-state index contributed by atoms with van der Waals surface area (Å²) < 4.78 is 0. The van der Waals surface area contributed by atoms with Crippen LogP contribution < -0.4 is 15.1 Å². The number of nitrogens with one attached hydrogen (secondary N) is 1. The zero-order valence-electron chi connectivity index (χ0n) is 14.7. The third-order valence-electron chi connectivity index (χ3n) is 4.93. The van der Waals surface area contributed by atoms with Crippen LogP contribution >= 0.6 is 0 Å². The van der Waals surface area contributed by atoms with Crippen LogP contribution in [0, 0.1) is 5.92 Å². The average molecular weight is 330 g/mol. The molecule has 2 aliphatic rings. The van der Waals surface area contributed by atoms with Crippen LogP contribution in [0.1, 0.15) is 20.8 Å². The van der Waals surface area contributed by atoms with Crippen molar-refractivity contribution in [2.75, 3.05) is 42.5 Å². The molecule has 6 heteroatoms. The molecule has 1 aromatic rings. The largest absolute Gasteiger partial charge is 0.369 e. The number of piperazine rings is 1. The average Bonchev–Trinajstić information content (AvgIpc) is 2.90. The number of carbonyl (C=O) groups is 2. The van der Waals surface area contributed by atoms with Crippen molar-refractivity contribution in [3.8, 4) is 0 Å². The first kappa shape index (κ1) is 16.8. The quantitative estimate of drug-likeness (QED) is 0.857. The third kappa shape index (κ3) is 3.11. The number of rotatable bonds is 4. The van der Waals surface area contributed by atoms with E-state index in [9.17, 15) is 9.59 Å². The first-order valence-corrected chi connectivity index (χ1v) is 8.73. The highest BCUT2D eigenvalue weighted by Gasteiger charge is 2.40. The van der Waals surface area contributed by atoms with Gasteiger partial charge in [0.05, 0.1) is 5.69 Å². The van der Waals surface area contributed by atoms with Gasteiger partial charge in [0, 0.05) is 31.9 Å². The standard InChI is InChI=1S/C18H26N4O2/c1-4-20-9-11-21(12-10-20)14-5-7-15(8-6-14)22-17(23)16(13(2)3)19-18(22)24/h5-8,13,16H,4,9-12H2,1-3H3,(H,19,24)/t16-/m1/s1. The predicted molar refractivity (Wildman–Crippen MR) is 95.4 cm³/mol. The highest BCUT2D eigenvalue weighted by atomic mass is 16.2. The van der Waals surface area contributed by atoms with E-state index in [4.69, 9.17) is 0 Å². The van der Waals surface area contributed by atoms with Gasteiger partial charge in [0.15, 0.2) is 0 Å². The summed E-state index contributed by atoms with van der Waals surface area (Å²) >= 11 is 0. The number of imide groups is 1. The van der Waals surface area contributed by atoms with Crippen molar-refractivity contribution >= 4 is 23.3 Å². The molecule has 3 amide bonds. The molecule has 0 unspecified atom stereocenters. The molecule has 3 rings (SSSR count). The summed E-state index contributed by atoms with van der Waals surface area (Å²) in [6.45, 7) is 11.3. The molecule has 6 nitrogen and oxygen atoms in total. The molecular formula is C18H26N4O2. The number of hydrogen-bond acceptors (Lipinski definition) is 4. The Bertz CT molecular complexity index is 606. The minimum absolute atomic E-state index is 0.0839. The van der Waals surface area contributed by atoms with E-state index in [0.717, 1.165) is 38.4 Å². The molecule has 0 bridgehead atoms. The Morgan fingerprint density at radius 3 is 2.12 bits per heavy atom. The maximum Gasteiger partial charge on any atom is 0.329 e. The molecule has 2 heterocycles.